The summed E-state index contributed by atoms with van der Waals surface area (Å²) in [6, 6.07) is 15.5. The third kappa shape index (κ3) is 3.47. The summed E-state index contributed by atoms with van der Waals surface area (Å²) in [4.78, 5) is 27.4. The molecule has 0 unspecified atom stereocenters. The maximum Gasteiger partial charge on any atom is 0.253 e. The van der Waals surface area contributed by atoms with Crippen LogP contribution in [0.25, 0.3) is 22.4 Å². The number of piperidine rings is 1. The van der Waals surface area contributed by atoms with E-state index in [1.54, 1.807) is 0 Å². The molecule has 0 spiro atoms. The zero-order chi connectivity index (χ0) is 20.5. The van der Waals surface area contributed by atoms with Gasteiger partial charge in [-0.1, -0.05) is 36.3 Å². The number of H-pyrrole nitrogens is 1. The fourth-order valence-electron chi connectivity index (χ4n) is 3.98. The number of nitrogens with zero attached hydrogens (tertiary/aromatic N) is 4. The van der Waals surface area contributed by atoms with Crippen LogP contribution in [0.5, 0.6) is 0 Å². The maximum atomic E-state index is 12.9. The SMILES string of the molecule is CCc1nc(-c2ccc(C(=O)N3CCC(c4nc5ccccc5[nH]4)CC3)cc2)no1. The molecule has 1 saturated heterocycles. The lowest BCUT2D eigenvalue weighted by molar-refractivity contribution is 0.0711. The molecule has 1 fully saturated rings. The Morgan fingerprint density at radius 2 is 1.87 bits per heavy atom. The molecule has 7 nitrogen and oxygen atoms in total. The molecule has 1 aliphatic heterocycles. The van der Waals surface area contributed by atoms with E-state index < -0.39 is 0 Å². The number of para-hydroxylation sites is 2. The molecule has 0 aliphatic carbocycles. The van der Waals surface area contributed by atoms with Crippen LogP contribution in [0.4, 0.5) is 0 Å². The zero-order valence-corrected chi connectivity index (χ0v) is 16.8. The van der Waals surface area contributed by atoms with Crippen LogP contribution < -0.4 is 0 Å². The van der Waals surface area contributed by atoms with E-state index in [0.29, 0.717) is 29.6 Å². The van der Waals surface area contributed by atoms with Gasteiger partial charge in [0.2, 0.25) is 11.7 Å². The normalized spacial score (nSPS) is 15.0. The minimum Gasteiger partial charge on any atom is -0.342 e. The number of nitrogens with one attached hydrogen (secondary N) is 1. The van der Waals surface area contributed by atoms with Crippen LogP contribution in [0.15, 0.2) is 53.1 Å². The number of aromatic amines is 1. The second-order valence-electron chi connectivity index (χ2n) is 7.65. The number of carbonyl (C=O) groups excluding carboxylic acids is 1. The van der Waals surface area contributed by atoms with Gasteiger partial charge in [-0.25, -0.2) is 4.98 Å². The van der Waals surface area contributed by atoms with Gasteiger partial charge < -0.3 is 14.4 Å². The first-order valence-electron chi connectivity index (χ1n) is 10.4. The highest BCUT2D eigenvalue weighted by atomic mass is 16.5. The highest BCUT2D eigenvalue weighted by Crippen LogP contribution is 2.28. The van der Waals surface area contributed by atoms with E-state index in [1.165, 1.54) is 0 Å². The van der Waals surface area contributed by atoms with Crippen molar-refractivity contribution < 1.29 is 9.32 Å². The molecular formula is C23H23N5O2. The van der Waals surface area contributed by atoms with Crippen molar-refractivity contribution in [2.45, 2.75) is 32.1 Å². The van der Waals surface area contributed by atoms with Gasteiger partial charge in [0.25, 0.3) is 5.91 Å². The zero-order valence-electron chi connectivity index (χ0n) is 16.8. The van der Waals surface area contributed by atoms with Crippen LogP contribution in [0, 0.1) is 0 Å². The van der Waals surface area contributed by atoms with Gasteiger partial charge in [-0.15, -0.1) is 0 Å². The monoisotopic (exact) mass is 401 g/mol. The number of benzene rings is 2. The third-order valence-corrected chi connectivity index (χ3v) is 5.74. The number of likely N-dealkylation sites (tertiary alicyclic amines) is 1. The molecule has 5 rings (SSSR count). The van der Waals surface area contributed by atoms with Crippen molar-refractivity contribution in [1.29, 1.82) is 0 Å². The van der Waals surface area contributed by atoms with Gasteiger partial charge in [-0.05, 0) is 37.1 Å². The van der Waals surface area contributed by atoms with Crippen molar-refractivity contribution in [3.8, 4) is 11.4 Å². The first kappa shape index (κ1) is 18.5. The van der Waals surface area contributed by atoms with Gasteiger partial charge in [0, 0.05) is 36.6 Å². The van der Waals surface area contributed by atoms with Crippen molar-refractivity contribution in [2.75, 3.05) is 13.1 Å². The minimum absolute atomic E-state index is 0.0620. The highest BCUT2D eigenvalue weighted by Gasteiger charge is 2.26. The van der Waals surface area contributed by atoms with Gasteiger partial charge in [-0.2, -0.15) is 4.98 Å². The lowest BCUT2D eigenvalue weighted by Gasteiger charge is -2.31. The number of amides is 1. The molecule has 3 heterocycles. The van der Waals surface area contributed by atoms with E-state index in [-0.39, 0.29) is 5.91 Å². The Bertz CT molecular complexity index is 1140. The lowest BCUT2D eigenvalue weighted by Crippen LogP contribution is -2.38. The molecule has 0 radical (unpaired) electrons. The summed E-state index contributed by atoms with van der Waals surface area (Å²) >= 11 is 0. The third-order valence-electron chi connectivity index (χ3n) is 5.74. The van der Waals surface area contributed by atoms with Crippen molar-refractivity contribution in [1.82, 2.24) is 25.0 Å². The topological polar surface area (TPSA) is 87.9 Å². The van der Waals surface area contributed by atoms with Gasteiger partial charge in [-0.3, -0.25) is 4.79 Å². The highest BCUT2D eigenvalue weighted by molar-refractivity contribution is 5.94. The molecule has 1 amide bonds. The fourth-order valence-corrected chi connectivity index (χ4v) is 3.98. The summed E-state index contributed by atoms with van der Waals surface area (Å²) in [5.41, 5.74) is 3.59. The molecule has 7 heteroatoms. The molecule has 4 aromatic rings. The minimum atomic E-state index is 0.0620. The van der Waals surface area contributed by atoms with Crippen LogP contribution >= 0.6 is 0 Å². The van der Waals surface area contributed by atoms with Crippen LogP contribution in [-0.2, 0) is 6.42 Å². The number of imidazole rings is 1. The molecule has 1 N–H and O–H groups in total. The Hall–Kier alpha value is -3.48. The van der Waals surface area contributed by atoms with E-state index >= 15 is 0 Å². The largest absolute Gasteiger partial charge is 0.342 e. The van der Waals surface area contributed by atoms with Crippen molar-refractivity contribution in [3.63, 3.8) is 0 Å². The summed E-state index contributed by atoms with van der Waals surface area (Å²) in [6.07, 6.45) is 2.52. The Balaban J connectivity index is 1.24. The van der Waals surface area contributed by atoms with Gasteiger partial charge in [0.15, 0.2) is 0 Å². The van der Waals surface area contributed by atoms with E-state index in [0.717, 1.165) is 48.4 Å². The maximum absolute atomic E-state index is 12.9. The number of hydrogen-bond acceptors (Lipinski definition) is 5. The lowest BCUT2D eigenvalue weighted by atomic mass is 9.95. The van der Waals surface area contributed by atoms with Gasteiger partial charge in [0.1, 0.15) is 5.82 Å². The van der Waals surface area contributed by atoms with Crippen molar-refractivity contribution in [3.05, 3.63) is 65.8 Å². The molecule has 152 valence electrons. The van der Waals surface area contributed by atoms with Crippen molar-refractivity contribution >= 4 is 16.9 Å². The standard InChI is InChI=1S/C23H23N5O2/c1-2-20-26-22(27-30-20)15-7-9-17(10-8-15)23(29)28-13-11-16(12-14-28)21-24-18-5-3-4-6-19(18)25-21/h3-10,16H,2,11-14H2,1H3,(H,24,25). The number of aromatic nitrogens is 4. The average Bonchev–Trinajstić information content (AvgIpc) is 3.46. The Morgan fingerprint density at radius 3 is 2.57 bits per heavy atom. The second kappa shape index (κ2) is 7.74. The molecule has 2 aromatic carbocycles. The van der Waals surface area contributed by atoms with Crippen LogP contribution in [0.1, 0.15) is 47.8 Å². The number of aryl methyl sites for hydroxylation is 1. The quantitative estimate of drug-likeness (QED) is 0.554. The second-order valence-corrected chi connectivity index (χ2v) is 7.65. The fraction of sp³-hybridized carbons (Fsp3) is 0.304. The molecule has 1 aliphatic rings. The predicted octanol–water partition coefficient (Wildman–Crippen LogP) is 4.20. The number of rotatable bonds is 4. The molecule has 0 bridgehead atoms. The average molecular weight is 401 g/mol. The molecule has 0 saturated carbocycles. The van der Waals surface area contributed by atoms with Crippen LogP contribution in [0.2, 0.25) is 0 Å². The van der Waals surface area contributed by atoms with Gasteiger partial charge >= 0.3 is 0 Å². The summed E-state index contributed by atoms with van der Waals surface area (Å²) in [6.45, 7) is 3.43. The van der Waals surface area contributed by atoms with E-state index in [1.807, 2.05) is 60.4 Å². The Morgan fingerprint density at radius 1 is 1.10 bits per heavy atom. The van der Waals surface area contributed by atoms with Crippen LogP contribution in [-0.4, -0.2) is 44.0 Å². The number of hydrogen-bond donors (Lipinski definition) is 1. The smallest absolute Gasteiger partial charge is 0.253 e. The summed E-state index contributed by atoms with van der Waals surface area (Å²) in [5.74, 6) is 2.61. The Kier molecular flexibility index (Phi) is 4.78. The first-order chi connectivity index (χ1) is 14.7. The summed E-state index contributed by atoms with van der Waals surface area (Å²) < 4.78 is 5.16. The summed E-state index contributed by atoms with van der Waals surface area (Å²) in [5, 5.41) is 3.98. The van der Waals surface area contributed by atoms with Gasteiger partial charge in [0.05, 0.1) is 11.0 Å². The number of fused-ring (bicyclic) bond motifs is 1. The van der Waals surface area contributed by atoms with Crippen LogP contribution in [0.3, 0.4) is 0 Å². The van der Waals surface area contributed by atoms with Crippen molar-refractivity contribution in [2.24, 2.45) is 0 Å². The molecule has 0 atom stereocenters. The molecule has 2 aromatic heterocycles. The number of carbonyl (C=O) groups is 1. The molecule has 30 heavy (non-hydrogen) atoms. The first-order valence-corrected chi connectivity index (χ1v) is 10.4. The van der Waals surface area contributed by atoms with E-state index in [4.69, 9.17) is 9.51 Å². The van der Waals surface area contributed by atoms with E-state index in [9.17, 15) is 4.79 Å². The van der Waals surface area contributed by atoms with E-state index in [2.05, 4.69) is 15.1 Å². The Labute approximate surface area is 174 Å². The summed E-state index contributed by atoms with van der Waals surface area (Å²) in [7, 11) is 0. The molecular weight excluding hydrogens is 378 g/mol. The predicted molar refractivity (Wildman–Crippen MR) is 113 cm³/mol.